The molecule has 0 bridgehead atoms. The Bertz CT molecular complexity index is 1110. The second kappa shape index (κ2) is 6.91. The van der Waals surface area contributed by atoms with Crippen LogP contribution in [-0.2, 0) is 11.8 Å². The highest BCUT2D eigenvalue weighted by molar-refractivity contribution is 6.03. The Morgan fingerprint density at radius 3 is 2.48 bits per heavy atom. The van der Waals surface area contributed by atoms with Crippen molar-refractivity contribution in [3.63, 3.8) is 0 Å². The van der Waals surface area contributed by atoms with Gasteiger partial charge in [-0.3, -0.25) is 19.0 Å². The topological polar surface area (TPSA) is 122 Å². The molecule has 0 saturated carbocycles. The van der Waals surface area contributed by atoms with Crippen molar-refractivity contribution in [3.8, 4) is 16.9 Å². The normalized spacial score (nSPS) is 11.9. The van der Waals surface area contributed by atoms with Crippen molar-refractivity contribution in [2.75, 3.05) is 0 Å². The van der Waals surface area contributed by atoms with E-state index in [1.807, 2.05) is 30.3 Å². The van der Waals surface area contributed by atoms with E-state index in [-0.39, 0.29) is 11.0 Å². The molecule has 0 saturated heterocycles. The number of carbonyl (C=O) groups is 2. The number of carbonyl (C=O) groups excluding carboxylic acids is 1. The van der Waals surface area contributed by atoms with Crippen molar-refractivity contribution in [1.29, 1.82) is 0 Å². The number of amides is 1. The number of aromatic nitrogens is 2. The fourth-order valence-corrected chi connectivity index (χ4v) is 2.72. The van der Waals surface area contributed by atoms with Gasteiger partial charge >= 0.3 is 5.97 Å². The molecule has 2 heterocycles. The molecule has 3 N–H and O–H groups in total. The number of hydrogen-bond donors (Lipinski definition) is 3. The zero-order valence-corrected chi connectivity index (χ0v) is 14.6. The molecular formula is C19H17N3O5. The molecule has 8 heteroatoms. The van der Waals surface area contributed by atoms with Gasteiger partial charge in [-0.25, -0.2) is 4.98 Å². The minimum Gasteiger partial charge on any atom is -0.506 e. The lowest BCUT2D eigenvalue weighted by molar-refractivity contribution is -0.138. The number of aryl methyl sites for hydroxylation is 1. The predicted octanol–water partition coefficient (Wildman–Crippen LogP) is 1.51. The molecule has 0 aliphatic carbocycles. The molecule has 2 aromatic heterocycles. The fourth-order valence-electron chi connectivity index (χ4n) is 2.72. The molecule has 138 valence electrons. The van der Waals surface area contributed by atoms with Crippen molar-refractivity contribution in [1.82, 2.24) is 14.9 Å². The van der Waals surface area contributed by atoms with Crippen LogP contribution in [0.25, 0.3) is 22.2 Å². The molecule has 0 aliphatic rings. The Hall–Kier alpha value is -3.68. The monoisotopic (exact) mass is 367 g/mol. The highest BCUT2D eigenvalue weighted by Gasteiger charge is 2.24. The lowest BCUT2D eigenvalue weighted by Crippen LogP contribution is -2.41. The van der Waals surface area contributed by atoms with E-state index in [0.717, 1.165) is 10.1 Å². The van der Waals surface area contributed by atoms with Crippen molar-refractivity contribution in [3.05, 3.63) is 58.5 Å². The Morgan fingerprint density at radius 1 is 1.19 bits per heavy atom. The third-order valence-corrected chi connectivity index (χ3v) is 4.25. The maximum absolute atomic E-state index is 12.5. The molecular weight excluding hydrogens is 350 g/mol. The highest BCUT2D eigenvalue weighted by Crippen LogP contribution is 2.29. The summed E-state index contributed by atoms with van der Waals surface area (Å²) >= 11 is 0. The lowest BCUT2D eigenvalue weighted by atomic mass is 10.0. The summed E-state index contributed by atoms with van der Waals surface area (Å²) in [6.45, 7) is 1.26. The number of nitrogens with one attached hydrogen (secondary N) is 1. The van der Waals surface area contributed by atoms with Gasteiger partial charge in [-0.2, -0.15) is 0 Å². The minimum absolute atomic E-state index is 0.208. The first-order chi connectivity index (χ1) is 12.8. The molecule has 0 fully saturated rings. The zero-order valence-electron chi connectivity index (χ0n) is 14.6. The third kappa shape index (κ3) is 3.24. The van der Waals surface area contributed by atoms with Gasteiger partial charge in [0.15, 0.2) is 0 Å². The second-order valence-corrected chi connectivity index (χ2v) is 6.08. The van der Waals surface area contributed by atoms with Crippen LogP contribution in [0.3, 0.4) is 0 Å². The van der Waals surface area contributed by atoms with Crippen LogP contribution < -0.4 is 10.9 Å². The number of rotatable bonds is 4. The van der Waals surface area contributed by atoms with Crippen LogP contribution >= 0.6 is 0 Å². The summed E-state index contributed by atoms with van der Waals surface area (Å²) in [5.41, 5.74) is 0.466. The van der Waals surface area contributed by atoms with Crippen LogP contribution in [0.1, 0.15) is 17.3 Å². The smallest absolute Gasteiger partial charge is 0.325 e. The predicted molar refractivity (Wildman–Crippen MR) is 98.6 cm³/mol. The van der Waals surface area contributed by atoms with E-state index in [9.17, 15) is 19.5 Å². The van der Waals surface area contributed by atoms with Crippen LogP contribution in [0, 0.1) is 0 Å². The molecule has 0 radical (unpaired) electrons. The van der Waals surface area contributed by atoms with Crippen molar-refractivity contribution in [2.24, 2.45) is 7.05 Å². The number of fused-ring (bicyclic) bond motifs is 1. The number of carboxylic acids is 1. The molecule has 3 rings (SSSR count). The van der Waals surface area contributed by atoms with Gasteiger partial charge in [0.2, 0.25) is 0 Å². The molecule has 8 nitrogen and oxygen atoms in total. The van der Waals surface area contributed by atoms with Crippen molar-refractivity contribution >= 4 is 22.9 Å². The zero-order chi connectivity index (χ0) is 19.7. The van der Waals surface area contributed by atoms with Crippen LogP contribution in [0.15, 0.2) is 47.4 Å². The molecule has 0 spiro atoms. The van der Waals surface area contributed by atoms with Gasteiger partial charge in [-0.05, 0) is 18.6 Å². The summed E-state index contributed by atoms with van der Waals surface area (Å²) < 4.78 is 1.14. The van der Waals surface area contributed by atoms with E-state index in [4.69, 9.17) is 5.11 Å². The first kappa shape index (κ1) is 18.1. The molecule has 3 aromatic rings. The van der Waals surface area contributed by atoms with Crippen LogP contribution in [0.5, 0.6) is 5.75 Å². The Kier molecular flexibility index (Phi) is 4.64. The van der Waals surface area contributed by atoms with Gasteiger partial charge in [0.25, 0.3) is 11.5 Å². The number of benzene rings is 1. The summed E-state index contributed by atoms with van der Waals surface area (Å²) in [7, 11) is 1.43. The SMILES string of the molecule is CC(NC(=O)c1c(O)c2cc(-c3ccccc3)cnc2n(C)c1=O)C(=O)O. The number of pyridine rings is 2. The van der Waals surface area contributed by atoms with Gasteiger partial charge in [-0.15, -0.1) is 0 Å². The van der Waals surface area contributed by atoms with Gasteiger partial charge in [0.05, 0.1) is 5.39 Å². The van der Waals surface area contributed by atoms with Gasteiger partial charge in [0.1, 0.15) is 23.0 Å². The van der Waals surface area contributed by atoms with Crippen LogP contribution in [0.2, 0.25) is 0 Å². The molecule has 1 amide bonds. The summed E-state index contributed by atoms with van der Waals surface area (Å²) in [4.78, 5) is 40.1. The van der Waals surface area contributed by atoms with E-state index in [1.54, 1.807) is 12.3 Å². The largest absolute Gasteiger partial charge is 0.506 e. The maximum atomic E-state index is 12.5. The highest BCUT2D eigenvalue weighted by atomic mass is 16.4. The summed E-state index contributed by atoms with van der Waals surface area (Å²) in [5, 5.41) is 21.9. The molecule has 27 heavy (non-hydrogen) atoms. The average Bonchev–Trinajstić information content (AvgIpc) is 2.66. The first-order valence-corrected chi connectivity index (χ1v) is 8.12. The Labute approximate surface area is 153 Å². The number of aliphatic carboxylic acids is 1. The van der Waals surface area contributed by atoms with E-state index in [2.05, 4.69) is 10.3 Å². The number of hydrogen-bond acceptors (Lipinski definition) is 5. The standard InChI is InChI=1S/C19H17N3O5/c1-10(19(26)27)21-17(24)14-15(23)13-8-12(11-6-4-3-5-7-11)9-20-16(13)22(2)18(14)25/h3-10,23H,1-2H3,(H,21,24)(H,26,27). The van der Waals surface area contributed by atoms with E-state index < -0.39 is 34.8 Å². The second-order valence-electron chi connectivity index (χ2n) is 6.08. The Balaban J connectivity index is 2.19. The maximum Gasteiger partial charge on any atom is 0.325 e. The molecule has 1 atom stereocenters. The van der Waals surface area contributed by atoms with Gasteiger partial charge in [-0.1, -0.05) is 30.3 Å². The van der Waals surface area contributed by atoms with E-state index in [0.29, 0.717) is 5.56 Å². The molecule has 1 unspecified atom stereocenters. The Morgan fingerprint density at radius 2 is 1.85 bits per heavy atom. The summed E-state index contributed by atoms with van der Waals surface area (Å²) in [5.74, 6) is -2.75. The molecule has 0 aliphatic heterocycles. The number of carboxylic acid groups (broad SMARTS) is 1. The summed E-state index contributed by atoms with van der Waals surface area (Å²) in [6.07, 6.45) is 1.57. The van der Waals surface area contributed by atoms with Gasteiger partial charge in [0, 0.05) is 18.8 Å². The van der Waals surface area contributed by atoms with Gasteiger partial charge < -0.3 is 15.5 Å². The molecule has 1 aromatic carbocycles. The quantitative estimate of drug-likeness (QED) is 0.643. The van der Waals surface area contributed by atoms with Crippen molar-refractivity contribution in [2.45, 2.75) is 13.0 Å². The van der Waals surface area contributed by atoms with Crippen molar-refractivity contribution < 1.29 is 19.8 Å². The van der Waals surface area contributed by atoms with Crippen LogP contribution in [0.4, 0.5) is 0 Å². The minimum atomic E-state index is -1.26. The number of nitrogens with zero attached hydrogens (tertiary/aromatic N) is 2. The lowest BCUT2D eigenvalue weighted by Gasteiger charge is -2.14. The van der Waals surface area contributed by atoms with Crippen LogP contribution in [-0.4, -0.2) is 37.7 Å². The summed E-state index contributed by atoms with van der Waals surface area (Å²) in [6, 6.07) is 9.72. The van der Waals surface area contributed by atoms with E-state index >= 15 is 0 Å². The first-order valence-electron chi connectivity index (χ1n) is 8.12. The number of aromatic hydroxyl groups is 1. The average molecular weight is 367 g/mol. The fraction of sp³-hybridized carbons (Fsp3) is 0.158. The van der Waals surface area contributed by atoms with E-state index in [1.165, 1.54) is 14.0 Å². The third-order valence-electron chi connectivity index (χ3n) is 4.25.